The molecule has 0 radical (unpaired) electrons. The minimum atomic E-state index is -0.933. The van der Waals surface area contributed by atoms with Crippen molar-refractivity contribution in [2.75, 3.05) is 6.54 Å². The van der Waals surface area contributed by atoms with Gasteiger partial charge in [-0.2, -0.15) is 0 Å². The Morgan fingerprint density at radius 3 is 2.24 bits per heavy atom. The Bertz CT molecular complexity index is 805. The molecular formula is C25H39N3O6. The number of rotatable bonds is 14. The highest BCUT2D eigenvalue weighted by Gasteiger charge is 2.35. The van der Waals surface area contributed by atoms with Gasteiger partial charge in [-0.05, 0) is 29.7 Å². The lowest BCUT2D eigenvalue weighted by Gasteiger charge is -2.32. The smallest absolute Gasteiger partial charge is 0.303 e. The van der Waals surface area contributed by atoms with Crippen molar-refractivity contribution < 1.29 is 29.1 Å². The second-order valence-electron chi connectivity index (χ2n) is 9.93. The van der Waals surface area contributed by atoms with Gasteiger partial charge in [0.1, 0.15) is 6.04 Å². The van der Waals surface area contributed by atoms with Crippen LogP contribution in [0, 0.1) is 17.3 Å². The van der Waals surface area contributed by atoms with Gasteiger partial charge in [-0.3, -0.25) is 24.0 Å². The SMILES string of the molecule is CC(C)C[C@H](CC(=O)NOCc1ccccc1)C(=O)N[C@H](C(=O)NCCCC(=O)O)C(C)(C)C. The van der Waals surface area contributed by atoms with Crippen molar-refractivity contribution in [1.29, 1.82) is 0 Å². The van der Waals surface area contributed by atoms with E-state index < -0.39 is 29.3 Å². The summed E-state index contributed by atoms with van der Waals surface area (Å²) in [5.41, 5.74) is 2.71. The highest BCUT2D eigenvalue weighted by atomic mass is 16.6. The van der Waals surface area contributed by atoms with Crippen molar-refractivity contribution in [3.05, 3.63) is 35.9 Å². The Hall–Kier alpha value is -2.94. The summed E-state index contributed by atoms with van der Waals surface area (Å²) < 4.78 is 0. The summed E-state index contributed by atoms with van der Waals surface area (Å²) in [4.78, 5) is 54.2. The highest BCUT2D eigenvalue weighted by molar-refractivity contribution is 5.91. The molecule has 0 saturated heterocycles. The van der Waals surface area contributed by atoms with Crippen LogP contribution in [0.1, 0.15) is 65.9 Å². The number of carbonyl (C=O) groups excluding carboxylic acids is 3. The van der Waals surface area contributed by atoms with E-state index in [0.29, 0.717) is 12.8 Å². The summed E-state index contributed by atoms with van der Waals surface area (Å²) in [6, 6.07) is 8.55. The molecule has 2 atom stereocenters. The second-order valence-corrected chi connectivity index (χ2v) is 9.93. The normalized spacial score (nSPS) is 13.1. The van der Waals surface area contributed by atoms with Crippen LogP contribution < -0.4 is 16.1 Å². The maximum absolute atomic E-state index is 13.1. The van der Waals surface area contributed by atoms with Gasteiger partial charge in [0.25, 0.3) is 0 Å². The van der Waals surface area contributed by atoms with Gasteiger partial charge in [0.2, 0.25) is 17.7 Å². The summed E-state index contributed by atoms with van der Waals surface area (Å²) >= 11 is 0. The minimum absolute atomic E-state index is 0.0509. The molecule has 0 bridgehead atoms. The van der Waals surface area contributed by atoms with E-state index in [9.17, 15) is 19.2 Å². The van der Waals surface area contributed by atoms with Crippen molar-refractivity contribution in [3.8, 4) is 0 Å². The fourth-order valence-electron chi connectivity index (χ4n) is 3.38. The average Bonchev–Trinajstić information content (AvgIpc) is 2.73. The molecule has 0 aliphatic heterocycles. The van der Waals surface area contributed by atoms with E-state index in [-0.39, 0.29) is 43.7 Å². The summed E-state index contributed by atoms with van der Waals surface area (Å²) in [6.07, 6.45) is 0.640. The first-order valence-electron chi connectivity index (χ1n) is 11.6. The van der Waals surface area contributed by atoms with Crippen LogP contribution in [0.2, 0.25) is 0 Å². The third-order valence-electron chi connectivity index (χ3n) is 5.11. The second kappa shape index (κ2) is 14.3. The van der Waals surface area contributed by atoms with Crippen LogP contribution in [-0.4, -0.2) is 41.4 Å². The fraction of sp³-hybridized carbons (Fsp3) is 0.600. The van der Waals surface area contributed by atoms with E-state index >= 15 is 0 Å². The zero-order valence-electron chi connectivity index (χ0n) is 20.8. The molecule has 1 aromatic rings. The predicted molar refractivity (Wildman–Crippen MR) is 128 cm³/mol. The van der Waals surface area contributed by atoms with Crippen molar-refractivity contribution >= 4 is 23.7 Å². The first kappa shape index (κ1) is 29.1. The van der Waals surface area contributed by atoms with E-state index in [1.54, 1.807) is 0 Å². The zero-order valence-corrected chi connectivity index (χ0v) is 20.8. The molecule has 0 aliphatic carbocycles. The molecule has 0 aliphatic rings. The quantitative estimate of drug-likeness (QED) is 0.240. The van der Waals surface area contributed by atoms with E-state index in [2.05, 4.69) is 16.1 Å². The van der Waals surface area contributed by atoms with Crippen molar-refractivity contribution in [2.45, 2.75) is 73.0 Å². The number of hydrogen-bond acceptors (Lipinski definition) is 5. The molecule has 1 aromatic carbocycles. The van der Waals surface area contributed by atoms with E-state index in [1.165, 1.54) is 0 Å². The van der Waals surface area contributed by atoms with E-state index in [1.807, 2.05) is 65.0 Å². The maximum atomic E-state index is 13.1. The first-order valence-corrected chi connectivity index (χ1v) is 11.6. The number of carboxylic acids is 1. The summed E-state index contributed by atoms with van der Waals surface area (Å²) in [5, 5.41) is 14.3. The van der Waals surface area contributed by atoms with Crippen molar-refractivity contribution in [3.63, 3.8) is 0 Å². The Morgan fingerprint density at radius 2 is 1.68 bits per heavy atom. The van der Waals surface area contributed by atoms with Crippen molar-refractivity contribution in [2.24, 2.45) is 17.3 Å². The Balaban J connectivity index is 2.72. The third-order valence-corrected chi connectivity index (χ3v) is 5.11. The largest absolute Gasteiger partial charge is 0.481 e. The van der Waals surface area contributed by atoms with E-state index in [0.717, 1.165) is 5.56 Å². The standard InChI is InChI=1S/C25H39N3O6/c1-17(2)14-19(15-20(29)28-34-16-18-10-7-6-8-11-18)23(32)27-22(25(3,4)5)24(33)26-13-9-12-21(30)31/h6-8,10-11,17,19,22H,9,12-16H2,1-5H3,(H,26,33)(H,27,32)(H,28,29)(H,30,31)/t19-,22-/m1/s1. The fourth-order valence-corrected chi connectivity index (χ4v) is 3.38. The summed E-state index contributed by atoms with van der Waals surface area (Å²) in [6.45, 7) is 9.82. The molecule has 0 saturated carbocycles. The van der Waals surface area contributed by atoms with Crippen LogP contribution in [0.5, 0.6) is 0 Å². The summed E-state index contributed by atoms with van der Waals surface area (Å²) in [5.74, 6) is -2.59. The number of carbonyl (C=O) groups is 4. The van der Waals surface area contributed by atoms with E-state index in [4.69, 9.17) is 9.94 Å². The van der Waals surface area contributed by atoms with Crippen LogP contribution in [0.15, 0.2) is 30.3 Å². The highest BCUT2D eigenvalue weighted by Crippen LogP contribution is 2.22. The first-order chi connectivity index (χ1) is 15.9. The lowest BCUT2D eigenvalue weighted by molar-refractivity contribution is -0.140. The van der Waals surface area contributed by atoms with Gasteiger partial charge in [-0.1, -0.05) is 65.0 Å². The number of amides is 3. The third kappa shape index (κ3) is 11.8. The van der Waals surface area contributed by atoms with Gasteiger partial charge in [-0.25, -0.2) is 5.48 Å². The van der Waals surface area contributed by atoms with Gasteiger partial charge in [0.05, 0.1) is 6.61 Å². The molecule has 3 amide bonds. The number of nitrogens with one attached hydrogen (secondary N) is 3. The monoisotopic (exact) mass is 477 g/mol. The van der Waals surface area contributed by atoms with Crippen LogP contribution in [0.3, 0.4) is 0 Å². The van der Waals surface area contributed by atoms with Crippen LogP contribution >= 0.6 is 0 Å². The van der Waals surface area contributed by atoms with Gasteiger partial charge >= 0.3 is 5.97 Å². The van der Waals surface area contributed by atoms with Gasteiger partial charge < -0.3 is 15.7 Å². The molecular weight excluding hydrogens is 438 g/mol. The van der Waals surface area contributed by atoms with Gasteiger partial charge in [0.15, 0.2) is 0 Å². The molecule has 0 heterocycles. The number of aliphatic carboxylic acids is 1. The summed E-state index contributed by atoms with van der Waals surface area (Å²) in [7, 11) is 0. The molecule has 190 valence electrons. The molecule has 1 rings (SSSR count). The lowest BCUT2D eigenvalue weighted by Crippen LogP contribution is -2.55. The molecule has 4 N–H and O–H groups in total. The molecule has 34 heavy (non-hydrogen) atoms. The molecule has 0 aromatic heterocycles. The average molecular weight is 478 g/mol. The lowest BCUT2D eigenvalue weighted by atomic mass is 9.85. The minimum Gasteiger partial charge on any atom is -0.481 e. The number of carboxylic acid groups (broad SMARTS) is 1. The van der Waals surface area contributed by atoms with Crippen LogP contribution in [-0.2, 0) is 30.6 Å². The predicted octanol–water partition coefficient (Wildman–Crippen LogP) is 2.80. The number of benzene rings is 1. The van der Waals surface area contributed by atoms with Gasteiger partial charge in [0, 0.05) is 25.3 Å². The zero-order chi connectivity index (χ0) is 25.7. The van der Waals surface area contributed by atoms with Crippen molar-refractivity contribution in [1.82, 2.24) is 16.1 Å². The molecule has 9 nitrogen and oxygen atoms in total. The maximum Gasteiger partial charge on any atom is 0.303 e. The molecule has 9 heteroatoms. The molecule has 0 fully saturated rings. The Morgan fingerprint density at radius 1 is 1.03 bits per heavy atom. The van der Waals surface area contributed by atoms with Crippen LogP contribution in [0.4, 0.5) is 0 Å². The molecule has 0 unspecified atom stereocenters. The Kier molecular flexibility index (Phi) is 12.3. The molecule has 0 spiro atoms. The number of hydroxylamine groups is 1. The van der Waals surface area contributed by atoms with Crippen LogP contribution in [0.25, 0.3) is 0 Å². The number of hydrogen-bond donors (Lipinski definition) is 4. The van der Waals surface area contributed by atoms with Gasteiger partial charge in [-0.15, -0.1) is 0 Å². The topological polar surface area (TPSA) is 134 Å². The Labute approximate surface area is 202 Å².